The summed E-state index contributed by atoms with van der Waals surface area (Å²) in [6.07, 6.45) is 20.9. The van der Waals surface area contributed by atoms with Crippen LogP contribution in [0.2, 0.25) is 0 Å². The minimum absolute atomic E-state index is 0.264. The first-order valence-electron chi connectivity index (χ1n) is 10.4. The monoisotopic (exact) mass is 403 g/mol. The molecule has 0 saturated carbocycles. The van der Waals surface area contributed by atoms with Gasteiger partial charge in [0.15, 0.2) is 0 Å². The Morgan fingerprint density at radius 1 is 1.20 bits per heavy atom. The van der Waals surface area contributed by atoms with Crippen molar-refractivity contribution < 1.29 is 4.79 Å². The van der Waals surface area contributed by atoms with Crippen LogP contribution in [-0.4, -0.2) is 17.1 Å². The van der Waals surface area contributed by atoms with Crippen molar-refractivity contribution in [3.05, 3.63) is 88.8 Å². The summed E-state index contributed by atoms with van der Waals surface area (Å²) in [5.74, 6) is -0.280. The number of carbonyl (C=O) groups excluding carboxylic acids is 1. The van der Waals surface area contributed by atoms with E-state index >= 15 is 0 Å². The maximum Gasteiger partial charge on any atom is 0.272 e. The van der Waals surface area contributed by atoms with E-state index in [1.54, 1.807) is 24.5 Å². The van der Waals surface area contributed by atoms with Crippen molar-refractivity contribution in [1.82, 2.24) is 10.4 Å². The van der Waals surface area contributed by atoms with E-state index in [0.29, 0.717) is 5.56 Å². The number of allylic oxidation sites excluding steroid dienone is 10. The minimum Gasteiger partial charge on any atom is -0.267 e. The molecule has 1 heterocycles. The Morgan fingerprint density at radius 3 is 2.67 bits per heavy atom. The van der Waals surface area contributed by atoms with E-state index in [1.807, 2.05) is 25.2 Å². The van der Waals surface area contributed by atoms with Crippen molar-refractivity contribution in [2.45, 2.75) is 53.9 Å². The van der Waals surface area contributed by atoms with Crippen molar-refractivity contribution >= 4 is 12.1 Å². The first-order chi connectivity index (χ1) is 14.3. The molecule has 0 saturated heterocycles. The molecule has 1 aliphatic carbocycles. The van der Waals surface area contributed by atoms with Gasteiger partial charge in [-0.05, 0) is 74.8 Å². The first kappa shape index (κ1) is 23.3. The number of nitrogens with one attached hydrogen (secondary N) is 1. The van der Waals surface area contributed by atoms with Crippen LogP contribution in [0.15, 0.2) is 88.4 Å². The number of hydrogen-bond acceptors (Lipinski definition) is 3. The lowest BCUT2D eigenvalue weighted by Crippen LogP contribution is -2.19. The molecule has 4 heteroatoms. The fourth-order valence-electron chi connectivity index (χ4n) is 3.50. The van der Waals surface area contributed by atoms with Gasteiger partial charge in [0.25, 0.3) is 5.91 Å². The molecule has 1 aromatic rings. The van der Waals surface area contributed by atoms with Crippen LogP contribution in [0, 0.1) is 5.41 Å². The summed E-state index contributed by atoms with van der Waals surface area (Å²) in [5.41, 5.74) is 8.46. The van der Waals surface area contributed by atoms with Crippen LogP contribution in [0.3, 0.4) is 0 Å². The number of hydrogen-bond donors (Lipinski definition) is 1. The quantitative estimate of drug-likeness (QED) is 0.329. The Hall–Kier alpha value is -3.01. The molecule has 0 bridgehead atoms. The Kier molecular flexibility index (Phi) is 8.72. The second-order valence-corrected chi connectivity index (χ2v) is 8.41. The van der Waals surface area contributed by atoms with Crippen molar-refractivity contribution in [2.75, 3.05) is 0 Å². The van der Waals surface area contributed by atoms with Gasteiger partial charge in [-0.1, -0.05) is 55.4 Å². The number of pyridine rings is 1. The molecule has 0 unspecified atom stereocenters. The Balaban J connectivity index is 1.88. The van der Waals surface area contributed by atoms with Gasteiger partial charge in [-0.15, -0.1) is 0 Å². The van der Waals surface area contributed by atoms with E-state index in [0.717, 1.165) is 5.57 Å². The zero-order valence-corrected chi connectivity index (χ0v) is 18.8. The topological polar surface area (TPSA) is 54.4 Å². The van der Waals surface area contributed by atoms with Gasteiger partial charge in [-0.2, -0.15) is 5.10 Å². The highest BCUT2D eigenvalue weighted by molar-refractivity contribution is 5.94. The number of aromatic nitrogens is 1. The molecule has 1 aliphatic rings. The molecule has 0 aromatic carbocycles. The largest absolute Gasteiger partial charge is 0.272 e. The third-order valence-electron chi connectivity index (χ3n) is 5.28. The Labute approximate surface area is 180 Å². The van der Waals surface area contributed by atoms with Crippen molar-refractivity contribution in [3.63, 3.8) is 0 Å². The summed E-state index contributed by atoms with van der Waals surface area (Å²) in [7, 11) is 0. The van der Waals surface area contributed by atoms with E-state index in [-0.39, 0.29) is 11.3 Å². The maximum atomic E-state index is 11.9. The van der Waals surface area contributed by atoms with Gasteiger partial charge in [0, 0.05) is 18.6 Å². The van der Waals surface area contributed by atoms with Gasteiger partial charge in [-0.25, -0.2) is 5.43 Å². The number of hydrazone groups is 1. The van der Waals surface area contributed by atoms with E-state index in [1.165, 1.54) is 42.2 Å². The molecule has 0 atom stereocenters. The molecule has 158 valence electrons. The predicted molar refractivity (Wildman–Crippen MR) is 126 cm³/mol. The number of carbonyl (C=O) groups is 1. The van der Waals surface area contributed by atoms with Crippen molar-refractivity contribution in [1.29, 1.82) is 0 Å². The molecule has 1 N–H and O–H groups in total. The molecule has 2 rings (SSSR count). The predicted octanol–water partition coefficient (Wildman–Crippen LogP) is 6.33. The normalized spacial score (nSPS) is 18.0. The SMILES string of the molecule is CC(C=CC1=C(C)CCCC1(C)C)=CC=CC(C)=CC=NNC(=O)c1cccnc1. The van der Waals surface area contributed by atoms with Crippen LogP contribution in [0.4, 0.5) is 0 Å². The first-order valence-corrected chi connectivity index (χ1v) is 10.4. The standard InChI is InChI=1S/C26H33N3O/c1-20(13-14-24-22(3)11-7-16-26(24,4)5)9-6-10-21(2)15-18-28-29-25(30)23-12-8-17-27-19-23/h6,8-10,12-15,17-19H,7,11,16H2,1-5H3,(H,29,30). The average Bonchev–Trinajstić information content (AvgIpc) is 2.71. The lowest BCUT2D eigenvalue weighted by Gasteiger charge is -2.32. The Bertz CT molecular complexity index is 913. The molecular weight excluding hydrogens is 370 g/mol. The summed E-state index contributed by atoms with van der Waals surface area (Å²) in [4.78, 5) is 15.8. The minimum atomic E-state index is -0.280. The van der Waals surface area contributed by atoms with E-state index in [9.17, 15) is 4.79 Å². The number of nitrogens with zero attached hydrogens (tertiary/aromatic N) is 2. The van der Waals surface area contributed by atoms with Crippen molar-refractivity contribution in [2.24, 2.45) is 10.5 Å². The van der Waals surface area contributed by atoms with Gasteiger partial charge in [0.2, 0.25) is 0 Å². The summed E-state index contributed by atoms with van der Waals surface area (Å²) in [5, 5.41) is 3.94. The van der Waals surface area contributed by atoms with E-state index in [4.69, 9.17) is 0 Å². The third kappa shape index (κ3) is 7.43. The molecule has 1 aromatic heterocycles. The summed E-state index contributed by atoms with van der Waals surface area (Å²) < 4.78 is 0. The molecule has 1 amide bonds. The van der Waals surface area contributed by atoms with E-state index in [2.05, 4.69) is 61.4 Å². The maximum absolute atomic E-state index is 11.9. The van der Waals surface area contributed by atoms with Crippen LogP contribution < -0.4 is 5.43 Å². The zero-order valence-electron chi connectivity index (χ0n) is 18.8. The number of rotatable bonds is 7. The fourth-order valence-corrected chi connectivity index (χ4v) is 3.50. The van der Waals surface area contributed by atoms with Crippen molar-refractivity contribution in [3.8, 4) is 0 Å². The van der Waals surface area contributed by atoms with Gasteiger partial charge < -0.3 is 0 Å². The van der Waals surface area contributed by atoms with E-state index < -0.39 is 0 Å². The van der Waals surface area contributed by atoms with Gasteiger partial charge in [0.05, 0.1) is 5.56 Å². The average molecular weight is 404 g/mol. The smallest absolute Gasteiger partial charge is 0.267 e. The zero-order chi connectivity index (χ0) is 22.0. The second kappa shape index (κ2) is 11.2. The highest BCUT2D eigenvalue weighted by atomic mass is 16.2. The highest BCUT2D eigenvalue weighted by Crippen LogP contribution is 2.40. The second-order valence-electron chi connectivity index (χ2n) is 8.41. The van der Waals surface area contributed by atoms with Crippen LogP contribution in [0.5, 0.6) is 0 Å². The lowest BCUT2D eigenvalue weighted by molar-refractivity contribution is 0.0955. The highest BCUT2D eigenvalue weighted by Gasteiger charge is 2.26. The van der Waals surface area contributed by atoms with Gasteiger partial charge in [0.1, 0.15) is 0 Å². The van der Waals surface area contributed by atoms with Crippen LogP contribution >= 0.6 is 0 Å². The molecule has 4 nitrogen and oxygen atoms in total. The summed E-state index contributed by atoms with van der Waals surface area (Å²) in [6.45, 7) is 11.0. The Morgan fingerprint density at radius 2 is 1.97 bits per heavy atom. The summed E-state index contributed by atoms with van der Waals surface area (Å²) >= 11 is 0. The molecule has 0 spiro atoms. The molecule has 0 radical (unpaired) electrons. The lowest BCUT2D eigenvalue weighted by atomic mass is 9.72. The van der Waals surface area contributed by atoms with Gasteiger partial charge >= 0.3 is 0 Å². The molecule has 0 fully saturated rings. The molecule has 0 aliphatic heterocycles. The molecule has 30 heavy (non-hydrogen) atoms. The van der Waals surface area contributed by atoms with Crippen LogP contribution in [-0.2, 0) is 0 Å². The fraction of sp³-hybridized carbons (Fsp3) is 0.346. The van der Waals surface area contributed by atoms with Gasteiger partial charge in [-0.3, -0.25) is 9.78 Å². The molecular formula is C26H33N3O. The van der Waals surface area contributed by atoms with Crippen LogP contribution in [0.25, 0.3) is 0 Å². The van der Waals surface area contributed by atoms with Crippen LogP contribution in [0.1, 0.15) is 64.2 Å². The third-order valence-corrected chi connectivity index (χ3v) is 5.28. The summed E-state index contributed by atoms with van der Waals surface area (Å²) in [6, 6.07) is 3.41. The number of amides is 1.